The molecule has 0 radical (unpaired) electrons. The molecule has 0 amide bonds. The molecule has 0 aromatic heterocycles. The molecule has 7 fully saturated rings. The second-order valence-electron chi connectivity index (χ2n) is 20.5. The van der Waals surface area contributed by atoms with Gasteiger partial charge in [0.15, 0.2) is 18.9 Å². The highest BCUT2D eigenvalue weighted by molar-refractivity contribution is 6.32. The number of allylic oxidation sites excluding steroid dienone is 1. The standard InChI is InChI=1S/C48H67ClO14/c1-23-43(55)34(50)20-41(57-23)62-45-25(3)59-42(22-36(45)52)63-44-24(2)58-40(21-35(44)51)60-28-12-14-46(4)27(17-28)10-11-31-32(46)19-38(53)47(5)30(13-15-48(31,47)56)29-18-39(54)61-37(29)16-26-8-6-7-9-33(26)49/h6-9,16,18,23-25,27-28,30-32,34-36,38,40-45,50-53,55-56H,10-15,17,19-22H2,1-5H3/b37-16-/t23-,24-,25-,27-,28+,30-,31-,32+,34+,35+,36+,38-,40+,41+,42+,43-,44-,45-,46+,47+,48+/m1/s1. The van der Waals surface area contributed by atoms with Gasteiger partial charge in [-0.05, 0) is 119 Å². The van der Waals surface area contributed by atoms with Crippen molar-refractivity contribution >= 4 is 23.6 Å². The molecule has 4 heterocycles. The van der Waals surface area contributed by atoms with Crippen molar-refractivity contribution in [1.29, 1.82) is 0 Å². The Balaban J connectivity index is 0.797. The summed E-state index contributed by atoms with van der Waals surface area (Å²) in [5.41, 5.74) is -0.672. The molecule has 9 rings (SSSR count). The Labute approximate surface area is 374 Å². The van der Waals surface area contributed by atoms with Gasteiger partial charge >= 0.3 is 5.97 Å². The van der Waals surface area contributed by atoms with E-state index in [1.165, 1.54) is 6.08 Å². The number of carbonyl (C=O) groups excluding carboxylic acids is 1. The summed E-state index contributed by atoms with van der Waals surface area (Å²) < 4.78 is 42.7. The number of hydrogen-bond acceptors (Lipinski definition) is 14. The highest BCUT2D eigenvalue weighted by atomic mass is 35.5. The third kappa shape index (κ3) is 8.18. The lowest BCUT2D eigenvalue weighted by Crippen LogP contribution is -2.67. The molecule has 63 heavy (non-hydrogen) atoms. The minimum Gasteiger partial charge on any atom is -0.423 e. The number of benzene rings is 1. The Hall–Kier alpha value is -2.02. The van der Waals surface area contributed by atoms with Crippen LogP contribution in [-0.4, -0.2) is 128 Å². The minimum atomic E-state index is -1.13. The largest absolute Gasteiger partial charge is 0.423 e. The monoisotopic (exact) mass is 902 g/mol. The van der Waals surface area contributed by atoms with Crippen molar-refractivity contribution in [3.05, 3.63) is 52.3 Å². The van der Waals surface area contributed by atoms with E-state index < -0.39 is 96.9 Å². The molecule has 3 saturated heterocycles. The molecule has 350 valence electrons. The van der Waals surface area contributed by atoms with Gasteiger partial charge in [-0.25, -0.2) is 4.79 Å². The third-order valence-electron chi connectivity index (χ3n) is 17.2. The van der Waals surface area contributed by atoms with E-state index in [9.17, 15) is 35.4 Å². The summed E-state index contributed by atoms with van der Waals surface area (Å²) in [7, 11) is 0. The van der Waals surface area contributed by atoms with Gasteiger partial charge < -0.3 is 63.8 Å². The van der Waals surface area contributed by atoms with Gasteiger partial charge in [0.25, 0.3) is 0 Å². The van der Waals surface area contributed by atoms with Crippen LogP contribution in [0.25, 0.3) is 6.08 Å². The lowest BCUT2D eigenvalue weighted by Gasteiger charge is -2.65. The zero-order chi connectivity index (χ0) is 44.7. The van der Waals surface area contributed by atoms with Crippen LogP contribution in [0, 0.1) is 34.5 Å². The van der Waals surface area contributed by atoms with Crippen LogP contribution >= 0.6 is 11.6 Å². The molecular weight excluding hydrogens is 836 g/mol. The van der Waals surface area contributed by atoms with E-state index in [0.717, 1.165) is 43.2 Å². The summed E-state index contributed by atoms with van der Waals surface area (Å²) in [4.78, 5) is 12.8. The smallest absolute Gasteiger partial charge is 0.336 e. The molecule has 0 bridgehead atoms. The molecule has 4 saturated carbocycles. The fraction of sp³-hybridized carbons (Fsp3) is 0.771. The van der Waals surface area contributed by atoms with Crippen LogP contribution in [0.3, 0.4) is 0 Å². The van der Waals surface area contributed by atoms with Crippen LogP contribution in [0.1, 0.15) is 111 Å². The van der Waals surface area contributed by atoms with Crippen LogP contribution < -0.4 is 0 Å². The van der Waals surface area contributed by atoms with Crippen LogP contribution in [0.15, 0.2) is 41.7 Å². The molecule has 4 aliphatic heterocycles. The first kappa shape index (κ1) is 46.1. The van der Waals surface area contributed by atoms with E-state index in [1.54, 1.807) is 26.0 Å². The van der Waals surface area contributed by atoms with Gasteiger partial charge in [0, 0.05) is 41.3 Å². The first-order chi connectivity index (χ1) is 29.9. The zero-order valence-corrected chi connectivity index (χ0v) is 37.7. The first-order valence-electron chi connectivity index (χ1n) is 23.3. The van der Waals surface area contributed by atoms with Gasteiger partial charge in [-0.1, -0.05) is 43.6 Å². The van der Waals surface area contributed by atoms with Crippen molar-refractivity contribution in [3.63, 3.8) is 0 Å². The summed E-state index contributed by atoms with van der Waals surface area (Å²) in [5.74, 6) is 0.125. The number of esters is 1. The van der Waals surface area contributed by atoms with E-state index >= 15 is 0 Å². The van der Waals surface area contributed by atoms with Crippen molar-refractivity contribution < 1.29 is 68.6 Å². The summed E-state index contributed by atoms with van der Waals surface area (Å²) in [6, 6.07) is 7.38. The highest BCUT2D eigenvalue weighted by Crippen LogP contribution is 2.70. The van der Waals surface area contributed by atoms with Crippen LogP contribution in [0.5, 0.6) is 0 Å². The van der Waals surface area contributed by atoms with Crippen molar-refractivity contribution in [2.45, 2.75) is 197 Å². The molecule has 6 N–H and O–H groups in total. The SMILES string of the molecule is C[C@H]1O[C@@H](O[C@H]2[C@@H](O)C[C@H](O[C@H]3[C@@H](O)C[C@H](O[C@H]4CC[C@@]5(C)[C@H](CC[C@@H]6[C@@H]5C[C@@H](O)[C@]5(C)[C@@H](C7=CC(=O)O/C7=C\c7ccccc7Cl)CC[C@]65O)C4)O[C@@H]3C)O[C@@H]2C)C[C@H](O)[C@@H]1O. The van der Waals surface area contributed by atoms with E-state index in [-0.39, 0.29) is 48.5 Å². The maximum Gasteiger partial charge on any atom is 0.336 e. The van der Waals surface area contributed by atoms with Gasteiger partial charge in [0.05, 0.1) is 54.4 Å². The Kier molecular flexibility index (Phi) is 12.9. The average molecular weight is 904 g/mol. The van der Waals surface area contributed by atoms with E-state index in [0.29, 0.717) is 36.0 Å². The van der Waals surface area contributed by atoms with E-state index in [1.807, 2.05) is 32.0 Å². The molecule has 1 aromatic rings. The summed E-state index contributed by atoms with van der Waals surface area (Å²) in [6.45, 7) is 9.61. The second kappa shape index (κ2) is 17.6. The van der Waals surface area contributed by atoms with E-state index in [4.69, 9.17) is 44.8 Å². The molecule has 15 heteroatoms. The van der Waals surface area contributed by atoms with Gasteiger partial charge in [-0.15, -0.1) is 0 Å². The van der Waals surface area contributed by atoms with Crippen molar-refractivity contribution in [1.82, 2.24) is 0 Å². The van der Waals surface area contributed by atoms with Crippen molar-refractivity contribution in [2.24, 2.45) is 34.5 Å². The fourth-order valence-corrected chi connectivity index (χ4v) is 13.8. The first-order valence-corrected chi connectivity index (χ1v) is 23.7. The molecule has 4 aliphatic carbocycles. The number of cyclic esters (lactones) is 1. The quantitative estimate of drug-likeness (QED) is 0.152. The van der Waals surface area contributed by atoms with Gasteiger partial charge in [-0.2, -0.15) is 0 Å². The third-order valence-corrected chi connectivity index (χ3v) is 17.5. The van der Waals surface area contributed by atoms with Crippen molar-refractivity contribution in [2.75, 3.05) is 0 Å². The average Bonchev–Trinajstić information content (AvgIpc) is 3.73. The lowest BCUT2D eigenvalue weighted by atomic mass is 9.42. The molecular formula is C48H67ClO14. The molecule has 21 atom stereocenters. The number of rotatable bonds is 8. The predicted octanol–water partition coefficient (Wildman–Crippen LogP) is 4.91. The highest BCUT2D eigenvalue weighted by Gasteiger charge is 2.71. The Bertz CT molecular complexity index is 1880. The second-order valence-corrected chi connectivity index (χ2v) is 20.9. The topological polar surface area (TPSA) is 203 Å². The molecule has 8 aliphatic rings. The zero-order valence-electron chi connectivity index (χ0n) is 37.0. The number of aliphatic hydroxyl groups excluding tert-OH is 5. The Morgan fingerprint density at radius 1 is 0.730 bits per heavy atom. The number of aliphatic hydroxyl groups is 6. The summed E-state index contributed by atoms with van der Waals surface area (Å²) >= 11 is 6.48. The molecule has 0 unspecified atom stereocenters. The van der Waals surface area contributed by atoms with Crippen LogP contribution in [-0.2, 0) is 38.0 Å². The van der Waals surface area contributed by atoms with Crippen LogP contribution in [0.4, 0.5) is 0 Å². The number of halogens is 1. The maximum atomic E-state index is 12.9. The predicted molar refractivity (Wildman–Crippen MR) is 227 cm³/mol. The maximum absolute atomic E-state index is 12.9. The van der Waals surface area contributed by atoms with Crippen molar-refractivity contribution in [3.8, 4) is 0 Å². The molecule has 0 spiro atoms. The normalized spacial score (nSPS) is 50.6. The van der Waals surface area contributed by atoms with Gasteiger partial charge in [-0.3, -0.25) is 0 Å². The van der Waals surface area contributed by atoms with Crippen LogP contribution in [0.2, 0.25) is 5.02 Å². The number of hydrogen-bond donors (Lipinski definition) is 6. The summed E-state index contributed by atoms with van der Waals surface area (Å²) in [6.07, 6.45) is -0.569. The number of carbonyl (C=O) groups is 1. The fourth-order valence-electron chi connectivity index (χ4n) is 13.6. The number of ether oxygens (including phenoxy) is 7. The number of fused-ring (bicyclic) bond motifs is 5. The van der Waals surface area contributed by atoms with E-state index in [2.05, 4.69) is 6.92 Å². The minimum absolute atomic E-state index is 0.00626. The summed E-state index contributed by atoms with van der Waals surface area (Å²) in [5, 5.41) is 68.4. The Morgan fingerprint density at radius 2 is 1.35 bits per heavy atom. The lowest BCUT2D eigenvalue weighted by molar-refractivity contribution is -0.336. The molecule has 1 aromatic carbocycles. The van der Waals surface area contributed by atoms with Gasteiger partial charge in [0.2, 0.25) is 0 Å². The molecule has 14 nitrogen and oxygen atoms in total. The van der Waals surface area contributed by atoms with Gasteiger partial charge in [0.1, 0.15) is 24.1 Å². The Morgan fingerprint density at radius 3 is 1.98 bits per heavy atom.